The molecule has 1 aliphatic rings. The molecule has 0 saturated carbocycles. The minimum absolute atomic E-state index is 0.841. The summed E-state index contributed by atoms with van der Waals surface area (Å²) in [6.07, 6.45) is 3.83. The van der Waals surface area contributed by atoms with Crippen molar-refractivity contribution in [2.75, 3.05) is 33.3 Å². The highest BCUT2D eigenvalue weighted by Crippen LogP contribution is 2.23. The largest absolute Gasteiger partial charge is 0.496 e. The van der Waals surface area contributed by atoms with Gasteiger partial charge in [-0.15, -0.1) is 0 Å². The molecular formula is C18H30N2O. The standard InChI is InChI=1S/C18H30N2O/c1-4-11-20(13-16-7-9-19-10-8-16)14-17-12-15(2)5-6-18(17)21-3/h5-6,12,16,19H,4,7-11,13-14H2,1-3H3. The molecule has 21 heavy (non-hydrogen) atoms. The SMILES string of the molecule is CCCN(Cc1cc(C)ccc1OC)CC1CCNCC1. The van der Waals surface area contributed by atoms with E-state index in [1.807, 2.05) is 0 Å². The number of hydrogen-bond donors (Lipinski definition) is 1. The van der Waals surface area contributed by atoms with Gasteiger partial charge in [-0.2, -0.15) is 0 Å². The summed E-state index contributed by atoms with van der Waals surface area (Å²) in [5, 5.41) is 3.46. The highest BCUT2D eigenvalue weighted by atomic mass is 16.5. The summed E-state index contributed by atoms with van der Waals surface area (Å²) in [4.78, 5) is 2.60. The Morgan fingerprint density at radius 3 is 2.71 bits per heavy atom. The van der Waals surface area contributed by atoms with Crippen LogP contribution < -0.4 is 10.1 Å². The second-order valence-electron chi connectivity index (χ2n) is 6.24. The number of piperidine rings is 1. The summed E-state index contributed by atoms with van der Waals surface area (Å²) in [5.74, 6) is 1.86. The Labute approximate surface area is 129 Å². The van der Waals surface area contributed by atoms with Crippen LogP contribution in [0.4, 0.5) is 0 Å². The first-order chi connectivity index (χ1) is 10.2. The first-order valence-electron chi connectivity index (χ1n) is 8.29. The zero-order valence-electron chi connectivity index (χ0n) is 13.8. The lowest BCUT2D eigenvalue weighted by molar-refractivity contribution is 0.197. The average Bonchev–Trinajstić information content (AvgIpc) is 2.49. The van der Waals surface area contributed by atoms with Crippen molar-refractivity contribution in [3.8, 4) is 5.75 Å². The molecule has 1 heterocycles. The Kier molecular flexibility index (Phi) is 6.52. The van der Waals surface area contributed by atoms with Crippen LogP contribution in [0.25, 0.3) is 0 Å². The summed E-state index contributed by atoms with van der Waals surface area (Å²) >= 11 is 0. The molecule has 0 amide bonds. The molecule has 3 heteroatoms. The maximum atomic E-state index is 5.53. The predicted molar refractivity (Wildman–Crippen MR) is 88.9 cm³/mol. The van der Waals surface area contributed by atoms with Gasteiger partial charge in [0.25, 0.3) is 0 Å². The molecule has 0 aliphatic carbocycles. The second-order valence-corrected chi connectivity index (χ2v) is 6.24. The van der Waals surface area contributed by atoms with Crippen molar-refractivity contribution < 1.29 is 4.74 Å². The molecule has 1 fully saturated rings. The van der Waals surface area contributed by atoms with Crippen molar-refractivity contribution in [1.82, 2.24) is 10.2 Å². The number of benzene rings is 1. The molecule has 2 rings (SSSR count). The summed E-state index contributed by atoms with van der Waals surface area (Å²) in [5.41, 5.74) is 2.63. The van der Waals surface area contributed by atoms with Gasteiger partial charge in [0, 0.05) is 18.7 Å². The molecule has 1 aliphatic heterocycles. The third-order valence-corrected chi connectivity index (χ3v) is 4.34. The van der Waals surface area contributed by atoms with E-state index in [4.69, 9.17) is 4.74 Å². The van der Waals surface area contributed by atoms with Gasteiger partial charge >= 0.3 is 0 Å². The molecule has 1 N–H and O–H groups in total. The maximum absolute atomic E-state index is 5.53. The fourth-order valence-electron chi connectivity index (χ4n) is 3.25. The summed E-state index contributed by atoms with van der Waals surface area (Å²) in [6.45, 7) is 10.2. The lowest BCUT2D eigenvalue weighted by Crippen LogP contribution is -2.36. The molecule has 1 aromatic carbocycles. The van der Waals surface area contributed by atoms with Gasteiger partial charge < -0.3 is 10.1 Å². The molecule has 1 aromatic rings. The minimum Gasteiger partial charge on any atom is -0.496 e. The van der Waals surface area contributed by atoms with Crippen LogP contribution in [0.3, 0.4) is 0 Å². The first kappa shape index (κ1) is 16.3. The fraction of sp³-hybridized carbons (Fsp3) is 0.667. The van der Waals surface area contributed by atoms with E-state index in [2.05, 4.69) is 42.3 Å². The van der Waals surface area contributed by atoms with E-state index in [0.717, 1.165) is 18.2 Å². The molecular weight excluding hydrogens is 260 g/mol. The van der Waals surface area contributed by atoms with Crippen molar-refractivity contribution in [3.05, 3.63) is 29.3 Å². The van der Waals surface area contributed by atoms with Crippen molar-refractivity contribution in [2.45, 2.75) is 39.7 Å². The summed E-state index contributed by atoms with van der Waals surface area (Å²) < 4.78 is 5.53. The molecule has 0 atom stereocenters. The van der Waals surface area contributed by atoms with Gasteiger partial charge in [0.1, 0.15) is 5.75 Å². The summed E-state index contributed by atoms with van der Waals surface area (Å²) in [7, 11) is 1.77. The van der Waals surface area contributed by atoms with Crippen LogP contribution in [0.5, 0.6) is 5.75 Å². The van der Waals surface area contributed by atoms with E-state index in [0.29, 0.717) is 0 Å². The van der Waals surface area contributed by atoms with Gasteiger partial charge in [0.2, 0.25) is 0 Å². The van der Waals surface area contributed by atoms with Crippen LogP contribution in [0, 0.1) is 12.8 Å². The molecule has 1 saturated heterocycles. The molecule has 118 valence electrons. The third kappa shape index (κ3) is 5.01. The number of hydrogen-bond acceptors (Lipinski definition) is 3. The van der Waals surface area contributed by atoms with Gasteiger partial charge in [-0.3, -0.25) is 4.90 Å². The van der Waals surface area contributed by atoms with Crippen LogP contribution >= 0.6 is 0 Å². The molecule has 0 unspecified atom stereocenters. The Morgan fingerprint density at radius 2 is 2.05 bits per heavy atom. The van der Waals surface area contributed by atoms with Crippen LogP contribution in [-0.2, 0) is 6.54 Å². The Hall–Kier alpha value is -1.06. The highest BCUT2D eigenvalue weighted by molar-refractivity contribution is 5.36. The molecule has 0 radical (unpaired) electrons. The average molecular weight is 290 g/mol. The fourth-order valence-corrected chi connectivity index (χ4v) is 3.25. The van der Waals surface area contributed by atoms with Gasteiger partial charge in [-0.25, -0.2) is 0 Å². The minimum atomic E-state index is 0.841. The van der Waals surface area contributed by atoms with Crippen LogP contribution in [-0.4, -0.2) is 38.2 Å². The van der Waals surface area contributed by atoms with E-state index in [1.165, 1.54) is 56.6 Å². The zero-order chi connectivity index (χ0) is 15.1. The summed E-state index contributed by atoms with van der Waals surface area (Å²) in [6, 6.07) is 6.49. The lowest BCUT2D eigenvalue weighted by Gasteiger charge is -2.30. The van der Waals surface area contributed by atoms with Gasteiger partial charge in [0.15, 0.2) is 0 Å². The van der Waals surface area contributed by atoms with Crippen molar-refractivity contribution in [1.29, 1.82) is 0 Å². The topological polar surface area (TPSA) is 24.5 Å². The van der Waals surface area contributed by atoms with E-state index in [9.17, 15) is 0 Å². The van der Waals surface area contributed by atoms with Crippen LogP contribution in [0.15, 0.2) is 18.2 Å². The number of aryl methyl sites for hydroxylation is 1. The molecule has 0 spiro atoms. The van der Waals surface area contributed by atoms with Crippen LogP contribution in [0.1, 0.15) is 37.3 Å². The molecule has 0 aromatic heterocycles. The van der Waals surface area contributed by atoms with Gasteiger partial charge in [-0.05, 0) is 57.8 Å². The first-order valence-corrected chi connectivity index (χ1v) is 8.29. The van der Waals surface area contributed by atoms with E-state index >= 15 is 0 Å². The normalized spacial score (nSPS) is 16.4. The maximum Gasteiger partial charge on any atom is 0.123 e. The quantitative estimate of drug-likeness (QED) is 0.834. The van der Waals surface area contributed by atoms with E-state index < -0.39 is 0 Å². The Balaban J connectivity index is 2.02. The third-order valence-electron chi connectivity index (χ3n) is 4.34. The van der Waals surface area contributed by atoms with Crippen molar-refractivity contribution in [2.24, 2.45) is 5.92 Å². The number of nitrogens with zero attached hydrogens (tertiary/aromatic N) is 1. The van der Waals surface area contributed by atoms with Gasteiger partial charge in [0.05, 0.1) is 7.11 Å². The molecule has 3 nitrogen and oxygen atoms in total. The predicted octanol–water partition coefficient (Wildman–Crippen LogP) is 3.22. The number of methoxy groups -OCH3 is 1. The second kappa shape index (κ2) is 8.40. The van der Waals surface area contributed by atoms with Crippen molar-refractivity contribution >= 4 is 0 Å². The highest BCUT2D eigenvalue weighted by Gasteiger charge is 2.18. The lowest BCUT2D eigenvalue weighted by atomic mass is 9.97. The zero-order valence-corrected chi connectivity index (χ0v) is 13.8. The van der Waals surface area contributed by atoms with E-state index in [-0.39, 0.29) is 0 Å². The number of rotatable bonds is 7. The van der Waals surface area contributed by atoms with Crippen molar-refractivity contribution in [3.63, 3.8) is 0 Å². The van der Waals surface area contributed by atoms with E-state index in [1.54, 1.807) is 7.11 Å². The smallest absolute Gasteiger partial charge is 0.123 e. The Bertz CT molecular complexity index is 427. The number of ether oxygens (including phenoxy) is 1. The Morgan fingerprint density at radius 1 is 1.29 bits per heavy atom. The molecule has 0 bridgehead atoms. The monoisotopic (exact) mass is 290 g/mol. The number of nitrogens with one attached hydrogen (secondary N) is 1. The van der Waals surface area contributed by atoms with Crippen LogP contribution in [0.2, 0.25) is 0 Å². The van der Waals surface area contributed by atoms with Gasteiger partial charge in [-0.1, -0.05) is 24.6 Å².